The molecule has 0 bridgehead atoms. The number of hydrogen-bond acceptors (Lipinski definition) is 2. The van der Waals surface area contributed by atoms with Gasteiger partial charge in [-0.05, 0) is 32.4 Å². The van der Waals surface area contributed by atoms with Gasteiger partial charge in [-0.1, -0.05) is 24.4 Å². The first-order valence-corrected chi connectivity index (χ1v) is 5.79. The summed E-state index contributed by atoms with van der Waals surface area (Å²) in [6.07, 6.45) is 0. The second kappa shape index (κ2) is 5.63. The Balaban J connectivity index is 2.86. The summed E-state index contributed by atoms with van der Waals surface area (Å²) >= 11 is 4.90. The fraction of sp³-hybridized carbons (Fsp3) is 0.333. The molecule has 0 aliphatic heterocycles. The smallest absolute Gasteiger partial charge is 0.319 e. The van der Waals surface area contributed by atoms with Crippen LogP contribution in [0.4, 0.5) is 10.5 Å². The zero-order chi connectivity index (χ0) is 13.0. The number of urea groups is 1. The van der Waals surface area contributed by atoms with Crippen molar-refractivity contribution in [3.8, 4) is 0 Å². The average molecular weight is 251 g/mol. The van der Waals surface area contributed by atoms with E-state index in [1.807, 2.05) is 32.9 Å². The summed E-state index contributed by atoms with van der Waals surface area (Å²) in [5.74, 6) is 0. The minimum Gasteiger partial charge on any atom is -0.389 e. The minimum atomic E-state index is -0.233. The summed E-state index contributed by atoms with van der Waals surface area (Å²) in [6.45, 7) is 5.71. The van der Waals surface area contributed by atoms with E-state index in [0.717, 1.165) is 11.1 Å². The molecule has 1 aromatic rings. The van der Waals surface area contributed by atoms with Crippen molar-refractivity contribution in [3.63, 3.8) is 0 Å². The Morgan fingerprint density at radius 3 is 2.59 bits per heavy atom. The third-order valence-electron chi connectivity index (χ3n) is 2.19. The Bertz CT molecular complexity index is 443. The average Bonchev–Trinajstić information content (AvgIpc) is 2.19. The Hall–Kier alpha value is -1.62. The predicted molar refractivity (Wildman–Crippen MR) is 74.4 cm³/mol. The molecule has 5 heteroatoms. The van der Waals surface area contributed by atoms with Crippen LogP contribution in [0, 0.1) is 6.92 Å². The predicted octanol–water partition coefficient (Wildman–Crippen LogP) is 2.16. The third kappa shape index (κ3) is 4.03. The maximum atomic E-state index is 11.6. The van der Waals surface area contributed by atoms with Crippen molar-refractivity contribution in [1.29, 1.82) is 0 Å². The summed E-state index contributed by atoms with van der Waals surface area (Å²) in [6, 6.07) is 5.34. The summed E-state index contributed by atoms with van der Waals surface area (Å²) in [4.78, 5) is 11.9. The summed E-state index contributed by atoms with van der Waals surface area (Å²) < 4.78 is 0. The number of hydrogen-bond donors (Lipinski definition) is 3. The van der Waals surface area contributed by atoms with Gasteiger partial charge in [0.05, 0.1) is 0 Å². The van der Waals surface area contributed by atoms with Crippen LogP contribution in [0.2, 0.25) is 0 Å². The first-order valence-electron chi connectivity index (χ1n) is 5.38. The lowest BCUT2D eigenvalue weighted by molar-refractivity contribution is 0.250. The second-order valence-electron chi connectivity index (χ2n) is 4.15. The van der Waals surface area contributed by atoms with Crippen LogP contribution in [0.25, 0.3) is 0 Å². The van der Waals surface area contributed by atoms with Crippen molar-refractivity contribution < 1.29 is 4.79 Å². The Morgan fingerprint density at radius 2 is 2.06 bits per heavy atom. The van der Waals surface area contributed by atoms with Gasteiger partial charge in [-0.15, -0.1) is 0 Å². The molecule has 0 aliphatic carbocycles. The number of carbonyl (C=O) groups excluding carboxylic acids is 1. The van der Waals surface area contributed by atoms with E-state index in [1.54, 1.807) is 6.07 Å². The lowest BCUT2D eigenvalue weighted by Crippen LogP contribution is -2.34. The number of carbonyl (C=O) groups is 1. The highest BCUT2D eigenvalue weighted by Gasteiger charge is 2.07. The number of nitrogens with one attached hydrogen (secondary N) is 2. The SMILES string of the molecule is Cc1ccc(C(N)=S)cc1NC(=O)NC(C)C. The zero-order valence-corrected chi connectivity index (χ0v) is 11.0. The van der Waals surface area contributed by atoms with Crippen LogP contribution in [0.1, 0.15) is 25.0 Å². The Labute approximate surface area is 107 Å². The molecular weight excluding hydrogens is 234 g/mol. The van der Waals surface area contributed by atoms with Gasteiger partial charge in [0, 0.05) is 17.3 Å². The first kappa shape index (κ1) is 13.4. The highest BCUT2D eigenvalue weighted by Crippen LogP contribution is 2.16. The zero-order valence-electron chi connectivity index (χ0n) is 10.2. The number of anilines is 1. The van der Waals surface area contributed by atoms with E-state index < -0.39 is 0 Å². The number of thiocarbonyl (C=S) groups is 1. The highest BCUT2D eigenvalue weighted by molar-refractivity contribution is 7.80. The second-order valence-corrected chi connectivity index (χ2v) is 4.59. The summed E-state index contributed by atoms with van der Waals surface area (Å²) in [5.41, 5.74) is 7.97. The minimum absolute atomic E-state index is 0.0917. The van der Waals surface area contributed by atoms with Crippen molar-refractivity contribution in [2.24, 2.45) is 5.73 Å². The van der Waals surface area contributed by atoms with Gasteiger partial charge in [0.25, 0.3) is 0 Å². The van der Waals surface area contributed by atoms with Gasteiger partial charge >= 0.3 is 6.03 Å². The number of aryl methyl sites for hydroxylation is 1. The lowest BCUT2D eigenvalue weighted by atomic mass is 10.1. The molecule has 0 aliphatic rings. The van der Waals surface area contributed by atoms with E-state index >= 15 is 0 Å². The van der Waals surface area contributed by atoms with E-state index in [4.69, 9.17) is 18.0 Å². The molecule has 4 nitrogen and oxygen atoms in total. The van der Waals surface area contributed by atoms with E-state index in [0.29, 0.717) is 10.7 Å². The monoisotopic (exact) mass is 251 g/mol. The van der Waals surface area contributed by atoms with Crippen LogP contribution in [0.5, 0.6) is 0 Å². The molecule has 0 saturated carbocycles. The van der Waals surface area contributed by atoms with E-state index in [-0.39, 0.29) is 12.1 Å². The van der Waals surface area contributed by atoms with Crippen molar-refractivity contribution in [2.45, 2.75) is 26.8 Å². The van der Waals surface area contributed by atoms with Crippen LogP contribution in [0.3, 0.4) is 0 Å². The number of nitrogens with two attached hydrogens (primary N) is 1. The molecule has 0 aromatic heterocycles. The topological polar surface area (TPSA) is 67.1 Å². The molecule has 0 radical (unpaired) electrons. The van der Waals surface area contributed by atoms with Crippen molar-refractivity contribution >= 4 is 28.9 Å². The number of benzene rings is 1. The third-order valence-corrected chi connectivity index (χ3v) is 2.43. The molecule has 0 atom stereocenters. The van der Waals surface area contributed by atoms with Gasteiger partial charge < -0.3 is 16.4 Å². The molecule has 92 valence electrons. The molecule has 2 amide bonds. The van der Waals surface area contributed by atoms with E-state index in [2.05, 4.69) is 10.6 Å². The van der Waals surface area contributed by atoms with Crippen LogP contribution < -0.4 is 16.4 Å². The van der Waals surface area contributed by atoms with E-state index in [9.17, 15) is 4.79 Å². The summed E-state index contributed by atoms with van der Waals surface area (Å²) in [7, 11) is 0. The highest BCUT2D eigenvalue weighted by atomic mass is 32.1. The molecule has 0 unspecified atom stereocenters. The summed E-state index contributed by atoms with van der Waals surface area (Å²) in [5, 5.41) is 5.52. The molecule has 1 rings (SSSR count). The van der Waals surface area contributed by atoms with Gasteiger partial charge in [0.1, 0.15) is 4.99 Å². The van der Waals surface area contributed by atoms with Crippen LogP contribution in [-0.2, 0) is 0 Å². The Kier molecular flexibility index (Phi) is 4.45. The molecule has 0 fully saturated rings. The van der Waals surface area contributed by atoms with Gasteiger partial charge in [-0.2, -0.15) is 0 Å². The van der Waals surface area contributed by atoms with Crippen LogP contribution in [0.15, 0.2) is 18.2 Å². The molecular formula is C12H17N3OS. The largest absolute Gasteiger partial charge is 0.389 e. The first-order chi connectivity index (χ1) is 7.90. The standard InChI is InChI=1S/C12H17N3OS/c1-7(2)14-12(16)15-10-6-9(11(13)17)5-4-8(10)3/h4-7H,1-3H3,(H2,13,17)(H2,14,15,16). The van der Waals surface area contributed by atoms with Gasteiger partial charge in [-0.25, -0.2) is 4.79 Å². The fourth-order valence-corrected chi connectivity index (χ4v) is 1.46. The molecule has 17 heavy (non-hydrogen) atoms. The fourth-order valence-electron chi connectivity index (χ4n) is 1.33. The number of rotatable bonds is 3. The maximum absolute atomic E-state index is 11.6. The molecule has 0 saturated heterocycles. The Morgan fingerprint density at radius 1 is 1.41 bits per heavy atom. The molecule has 4 N–H and O–H groups in total. The molecule has 0 spiro atoms. The van der Waals surface area contributed by atoms with Crippen LogP contribution in [-0.4, -0.2) is 17.1 Å². The van der Waals surface area contributed by atoms with Crippen molar-refractivity contribution in [2.75, 3.05) is 5.32 Å². The quantitative estimate of drug-likeness (QED) is 0.721. The van der Waals surface area contributed by atoms with Gasteiger partial charge in [0.2, 0.25) is 0 Å². The van der Waals surface area contributed by atoms with Crippen molar-refractivity contribution in [1.82, 2.24) is 5.32 Å². The van der Waals surface area contributed by atoms with Gasteiger partial charge in [0.15, 0.2) is 0 Å². The van der Waals surface area contributed by atoms with Crippen molar-refractivity contribution in [3.05, 3.63) is 29.3 Å². The van der Waals surface area contributed by atoms with Crippen LogP contribution >= 0.6 is 12.2 Å². The lowest BCUT2D eigenvalue weighted by Gasteiger charge is -2.13. The molecule has 0 heterocycles. The van der Waals surface area contributed by atoms with E-state index in [1.165, 1.54) is 0 Å². The molecule has 1 aromatic carbocycles. The van der Waals surface area contributed by atoms with Gasteiger partial charge in [-0.3, -0.25) is 0 Å². The maximum Gasteiger partial charge on any atom is 0.319 e. The normalized spacial score (nSPS) is 10.1. The number of amides is 2.